The van der Waals surface area contributed by atoms with E-state index in [0.717, 1.165) is 12.8 Å². The number of nitrogens with zero attached hydrogens (tertiary/aromatic N) is 1. The van der Waals surface area contributed by atoms with E-state index in [1.807, 2.05) is 11.3 Å². The molecule has 69 valence electrons. The summed E-state index contributed by atoms with van der Waals surface area (Å²) < 4.78 is 0. The van der Waals surface area contributed by atoms with Gasteiger partial charge >= 0.3 is 58.2 Å². The molecule has 0 fully saturated rings. The second-order valence-corrected chi connectivity index (χ2v) is 4.64. The van der Waals surface area contributed by atoms with Gasteiger partial charge in [0, 0.05) is 37.6 Å². The van der Waals surface area contributed by atoms with Gasteiger partial charge in [0.1, 0.15) is 0 Å². The molecule has 0 saturated heterocycles. The Morgan fingerprint density at radius 1 is 1.57 bits per heavy atom. The van der Waals surface area contributed by atoms with Crippen molar-refractivity contribution in [3.63, 3.8) is 0 Å². The molecular weight excluding hydrogens is 341 g/mol. The molecule has 0 saturated carbocycles. The summed E-state index contributed by atoms with van der Waals surface area (Å²) in [7, 11) is 0. The molecule has 2 rings (SSSR count). The maximum absolute atomic E-state index is 4.49. The molecule has 0 spiro atoms. The fourth-order valence-corrected chi connectivity index (χ4v) is 3.08. The third-order valence-corrected chi connectivity index (χ3v) is 3.65. The van der Waals surface area contributed by atoms with Gasteiger partial charge < -0.3 is 13.8 Å². The van der Waals surface area contributed by atoms with Crippen molar-refractivity contribution >= 4 is 11.3 Å². The van der Waals surface area contributed by atoms with Gasteiger partial charge in [-0.2, -0.15) is 12.3 Å². The van der Waals surface area contributed by atoms with Gasteiger partial charge in [-0.15, -0.1) is 11.3 Å². The van der Waals surface area contributed by atoms with E-state index in [-0.39, 0.29) is 90.9 Å². The van der Waals surface area contributed by atoms with Crippen LogP contribution in [-0.2, 0) is 39.1 Å². The van der Waals surface area contributed by atoms with E-state index in [0.29, 0.717) is 11.8 Å². The molecule has 4 heteroatoms. The van der Waals surface area contributed by atoms with E-state index in [1.165, 1.54) is 15.6 Å². The molecule has 2 atom stereocenters. The zero-order valence-electron chi connectivity index (χ0n) is 8.92. The summed E-state index contributed by atoms with van der Waals surface area (Å²) in [5.74, 6) is 1.09. The largest absolute Gasteiger partial charge is 1.00 e. The minimum Gasteiger partial charge on any atom is -0.343 e. The summed E-state index contributed by atoms with van der Waals surface area (Å²) >= 11 is 1.82. The average molecular weight is 354 g/mol. The van der Waals surface area contributed by atoms with Gasteiger partial charge in [0.25, 0.3) is 0 Å². The predicted octanol–water partition coefficient (Wildman–Crippen LogP) is -0.233. The third kappa shape index (κ3) is 3.27. The summed E-state index contributed by atoms with van der Waals surface area (Å²) in [5, 5.41) is 1.19. The average Bonchev–Trinajstić information content (AvgIpc) is 2.43. The number of aryl methyl sites for hydroxylation is 1. The first-order chi connectivity index (χ1) is 5.72. The zero-order valence-corrected chi connectivity index (χ0v) is 17.5. The van der Waals surface area contributed by atoms with Crippen molar-refractivity contribution in [1.82, 2.24) is 4.98 Å². The van der Waals surface area contributed by atoms with Crippen LogP contribution in [0.5, 0.6) is 0 Å². The maximum Gasteiger partial charge on any atom is 1.00 e. The number of thiazole rings is 1. The van der Waals surface area contributed by atoms with Crippen molar-refractivity contribution in [2.75, 3.05) is 0 Å². The van der Waals surface area contributed by atoms with Gasteiger partial charge in [0.2, 0.25) is 0 Å². The first kappa shape index (κ1) is 16.5. The Bertz CT molecular complexity index is 300. The van der Waals surface area contributed by atoms with E-state index >= 15 is 0 Å². The van der Waals surface area contributed by atoms with E-state index in [4.69, 9.17) is 0 Å². The minimum absolute atomic E-state index is 0. The molecule has 1 nitrogen and oxygen atoms in total. The topological polar surface area (TPSA) is 12.9 Å². The van der Waals surface area contributed by atoms with Gasteiger partial charge in [-0.3, -0.25) is 0 Å². The first-order valence-corrected chi connectivity index (χ1v) is 5.12. The van der Waals surface area contributed by atoms with Crippen LogP contribution in [0.4, 0.5) is 0 Å². The van der Waals surface area contributed by atoms with Gasteiger partial charge in [0.15, 0.2) is 0 Å². The van der Waals surface area contributed by atoms with E-state index < -0.39 is 0 Å². The summed E-state index contributed by atoms with van der Waals surface area (Å²) in [6, 6.07) is 0. The van der Waals surface area contributed by atoms with Crippen molar-refractivity contribution < 1.29 is 90.9 Å². The number of rotatable bonds is 1. The molecule has 1 aliphatic rings. The fourth-order valence-electron chi connectivity index (χ4n) is 1.89. The van der Waals surface area contributed by atoms with Crippen LogP contribution in [0, 0.1) is 26.7 Å². The Morgan fingerprint density at radius 3 is 2.79 bits per heavy atom. The van der Waals surface area contributed by atoms with Gasteiger partial charge in [-0.25, -0.2) is 4.98 Å². The van der Waals surface area contributed by atoms with Crippen molar-refractivity contribution in [3.05, 3.63) is 29.4 Å². The summed E-state index contributed by atoms with van der Waals surface area (Å²) in [6.45, 7) is 10.2. The smallest absolute Gasteiger partial charge is 0.343 e. The zero-order chi connectivity index (χ0) is 8.72. The fraction of sp³-hybridized carbons (Fsp3) is 0.500. The quantitative estimate of drug-likeness (QED) is 0.636. The molecule has 2 unspecified atom stereocenters. The van der Waals surface area contributed by atoms with Crippen molar-refractivity contribution in [2.45, 2.75) is 25.7 Å². The maximum atomic E-state index is 4.49. The predicted molar refractivity (Wildman–Crippen MR) is 52.1 cm³/mol. The molecule has 1 aromatic heterocycles. The molecule has 1 radical (unpaired) electrons. The number of fused-ring (bicyclic) bond motifs is 1. The minimum atomic E-state index is 0. The molecule has 0 N–H and O–H groups in total. The van der Waals surface area contributed by atoms with Crippen LogP contribution in [0.2, 0.25) is 0 Å². The SMILES string of the molecule is [CH2-]CC1c2sc(C)nc2CC1[CH2-].[Rb+].[Y]. The molecule has 1 aliphatic carbocycles. The summed E-state index contributed by atoms with van der Waals surface area (Å²) in [4.78, 5) is 5.94. The molecule has 0 bridgehead atoms. The molecule has 14 heavy (non-hydrogen) atoms. The number of hydrogen-bond acceptors (Lipinski definition) is 2. The summed E-state index contributed by atoms with van der Waals surface area (Å²) in [6.07, 6.45) is 2.02. The van der Waals surface area contributed by atoms with Crippen molar-refractivity contribution in [2.24, 2.45) is 5.92 Å². The second-order valence-electron chi connectivity index (χ2n) is 3.40. The Hall–Kier alpha value is 2.54. The van der Waals surface area contributed by atoms with Crippen LogP contribution in [-0.4, -0.2) is 4.98 Å². The van der Waals surface area contributed by atoms with Crippen molar-refractivity contribution in [3.8, 4) is 0 Å². The van der Waals surface area contributed by atoms with Crippen LogP contribution in [0.15, 0.2) is 0 Å². The normalized spacial score (nSPS) is 23.6. The van der Waals surface area contributed by atoms with Crippen LogP contribution >= 0.6 is 11.3 Å². The Labute approximate surface area is 165 Å². The van der Waals surface area contributed by atoms with Crippen LogP contribution in [0.1, 0.15) is 27.9 Å². The standard InChI is InChI=1S/C10H13NS.Rb.Y/c1-4-8-6(2)5-9-10(8)12-7(3)11-9;;/h6,8H,1-2,4-5H2,3H3;;/q-2;+1;. The van der Waals surface area contributed by atoms with E-state index in [1.54, 1.807) is 0 Å². The van der Waals surface area contributed by atoms with Crippen LogP contribution in [0.25, 0.3) is 0 Å². The van der Waals surface area contributed by atoms with E-state index in [2.05, 4.69) is 25.8 Å². The summed E-state index contributed by atoms with van der Waals surface area (Å²) in [5.41, 5.74) is 1.28. The van der Waals surface area contributed by atoms with Gasteiger partial charge in [0.05, 0.1) is 10.7 Å². The molecule has 0 aromatic carbocycles. The Kier molecular flexibility index (Phi) is 8.36. The Morgan fingerprint density at radius 2 is 2.21 bits per heavy atom. The van der Waals surface area contributed by atoms with Gasteiger partial charge in [-0.05, 0) is 13.3 Å². The third-order valence-electron chi connectivity index (χ3n) is 2.51. The second kappa shape index (κ2) is 7.08. The van der Waals surface area contributed by atoms with Crippen LogP contribution in [0.3, 0.4) is 0 Å². The molecule has 1 aromatic rings. The first-order valence-electron chi connectivity index (χ1n) is 4.31. The van der Waals surface area contributed by atoms with Crippen molar-refractivity contribution in [1.29, 1.82) is 0 Å². The molecule has 0 aliphatic heterocycles. The number of aromatic nitrogens is 1. The van der Waals surface area contributed by atoms with Crippen LogP contribution < -0.4 is 58.2 Å². The molecular formula is C10H13NRbSY-. The Balaban J connectivity index is 0.000000845. The number of hydrogen-bond donors (Lipinski definition) is 0. The monoisotopic (exact) mass is 353 g/mol. The van der Waals surface area contributed by atoms with Gasteiger partial charge in [-0.1, -0.05) is 5.92 Å². The molecule has 1 heterocycles. The molecule has 0 amide bonds. The van der Waals surface area contributed by atoms with E-state index in [9.17, 15) is 0 Å².